The molecule has 2 aromatic rings. The van der Waals surface area contributed by atoms with Crippen LogP contribution in [0.25, 0.3) is 0 Å². The Kier molecular flexibility index (Phi) is 6.24. The lowest BCUT2D eigenvalue weighted by Gasteiger charge is -2.36. The van der Waals surface area contributed by atoms with Crippen molar-refractivity contribution in [1.82, 2.24) is 19.8 Å². The quantitative estimate of drug-likeness (QED) is 0.837. The minimum Gasteiger partial charge on any atom is -0.467 e. The Morgan fingerprint density at radius 3 is 2.70 bits per heavy atom. The zero-order chi connectivity index (χ0) is 19.2. The van der Waals surface area contributed by atoms with Gasteiger partial charge in [0.05, 0.1) is 0 Å². The molecule has 1 aliphatic rings. The van der Waals surface area contributed by atoms with Crippen molar-refractivity contribution in [3.63, 3.8) is 0 Å². The molecule has 2 heterocycles. The second-order valence-electron chi connectivity index (χ2n) is 7.00. The van der Waals surface area contributed by atoms with Crippen LogP contribution in [0.2, 0.25) is 0 Å². The standard InChI is InChI=1S/C20H27N5O2/c1-15-12-22-20(21)23-19(15)27-14-18(26)24(2)17-8-10-25(11-9-17)13-16-6-4-3-5-7-16/h3-7,12,17H,8-11,13-14H2,1-2H3,(H2,21,22,23). The highest BCUT2D eigenvalue weighted by Gasteiger charge is 2.25. The van der Waals surface area contributed by atoms with Crippen LogP contribution in [0.4, 0.5) is 5.95 Å². The Morgan fingerprint density at radius 1 is 1.30 bits per heavy atom. The Balaban J connectivity index is 1.46. The van der Waals surface area contributed by atoms with E-state index in [0.29, 0.717) is 5.88 Å². The van der Waals surface area contributed by atoms with Crippen LogP contribution in [0.1, 0.15) is 24.0 Å². The van der Waals surface area contributed by atoms with Gasteiger partial charge in [0, 0.05) is 44.5 Å². The van der Waals surface area contributed by atoms with Crippen LogP contribution in [0.15, 0.2) is 36.5 Å². The van der Waals surface area contributed by atoms with E-state index in [-0.39, 0.29) is 24.5 Å². The molecule has 7 nitrogen and oxygen atoms in total. The third-order valence-corrected chi connectivity index (χ3v) is 5.02. The lowest BCUT2D eigenvalue weighted by atomic mass is 10.0. The van der Waals surface area contributed by atoms with E-state index in [9.17, 15) is 4.79 Å². The first kappa shape index (κ1) is 19.1. The normalized spacial score (nSPS) is 15.5. The number of nitrogen functional groups attached to an aromatic ring is 1. The average molecular weight is 369 g/mol. The van der Waals surface area contributed by atoms with Gasteiger partial charge in [-0.25, -0.2) is 4.98 Å². The van der Waals surface area contributed by atoms with E-state index in [0.717, 1.165) is 38.0 Å². The number of anilines is 1. The van der Waals surface area contributed by atoms with Gasteiger partial charge in [-0.3, -0.25) is 9.69 Å². The van der Waals surface area contributed by atoms with Crippen molar-refractivity contribution in [2.24, 2.45) is 0 Å². The maximum Gasteiger partial charge on any atom is 0.260 e. The van der Waals surface area contributed by atoms with Crippen molar-refractivity contribution in [3.05, 3.63) is 47.7 Å². The van der Waals surface area contributed by atoms with E-state index in [1.807, 2.05) is 20.0 Å². The maximum absolute atomic E-state index is 12.5. The highest BCUT2D eigenvalue weighted by molar-refractivity contribution is 5.77. The molecule has 1 saturated heterocycles. The molecule has 0 radical (unpaired) electrons. The summed E-state index contributed by atoms with van der Waals surface area (Å²) in [6, 6.07) is 10.7. The van der Waals surface area contributed by atoms with E-state index in [2.05, 4.69) is 39.1 Å². The van der Waals surface area contributed by atoms with Crippen molar-refractivity contribution < 1.29 is 9.53 Å². The molecule has 1 aromatic carbocycles. The molecule has 0 atom stereocenters. The molecule has 0 saturated carbocycles. The van der Waals surface area contributed by atoms with Gasteiger partial charge in [-0.2, -0.15) is 4.98 Å². The second-order valence-corrected chi connectivity index (χ2v) is 7.00. The van der Waals surface area contributed by atoms with Crippen LogP contribution in [0.3, 0.4) is 0 Å². The highest BCUT2D eigenvalue weighted by atomic mass is 16.5. The van der Waals surface area contributed by atoms with Crippen LogP contribution in [0, 0.1) is 6.92 Å². The molecule has 0 spiro atoms. The molecule has 2 N–H and O–H groups in total. The first-order valence-electron chi connectivity index (χ1n) is 9.27. The Hall–Kier alpha value is -2.67. The molecule has 0 bridgehead atoms. The number of ether oxygens (including phenoxy) is 1. The number of aryl methyl sites for hydroxylation is 1. The molecule has 0 unspecified atom stereocenters. The van der Waals surface area contributed by atoms with Crippen LogP contribution < -0.4 is 10.5 Å². The van der Waals surface area contributed by atoms with E-state index < -0.39 is 0 Å². The van der Waals surface area contributed by atoms with Crippen molar-refractivity contribution in [2.45, 2.75) is 32.4 Å². The van der Waals surface area contributed by atoms with E-state index in [1.54, 1.807) is 11.1 Å². The van der Waals surface area contributed by atoms with Gasteiger partial charge < -0.3 is 15.4 Å². The van der Waals surface area contributed by atoms with Crippen molar-refractivity contribution in [2.75, 3.05) is 32.5 Å². The lowest BCUT2D eigenvalue weighted by molar-refractivity contribution is -0.135. The van der Waals surface area contributed by atoms with Gasteiger partial charge in [-0.15, -0.1) is 0 Å². The zero-order valence-electron chi connectivity index (χ0n) is 16.0. The number of hydrogen-bond acceptors (Lipinski definition) is 6. The fraction of sp³-hybridized carbons (Fsp3) is 0.450. The topological polar surface area (TPSA) is 84.6 Å². The molecule has 3 rings (SSSR count). The van der Waals surface area contributed by atoms with Gasteiger partial charge in [0.1, 0.15) is 0 Å². The molecule has 144 valence electrons. The summed E-state index contributed by atoms with van der Waals surface area (Å²) in [6.07, 6.45) is 3.53. The minimum absolute atomic E-state index is 0.0436. The molecule has 1 fully saturated rings. The van der Waals surface area contributed by atoms with Gasteiger partial charge >= 0.3 is 0 Å². The maximum atomic E-state index is 12.5. The summed E-state index contributed by atoms with van der Waals surface area (Å²) in [5, 5.41) is 0. The van der Waals surface area contributed by atoms with Crippen LogP contribution in [-0.4, -0.2) is 58.5 Å². The fourth-order valence-electron chi connectivity index (χ4n) is 3.33. The number of likely N-dealkylation sites (N-methyl/N-ethyl adjacent to an activating group) is 1. The van der Waals surface area contributed by atoms with E-state index in [1.165, 1.54) is 5.56 Å². The van der Waals surface area contributed by atoms with E-state index in [4.69, 9.17) is 10.5 Å². The predicted molar refractivity (Wildman–Crippen MR) is 104 cm³/mol. The monoisotopic (exact) mass is 369 g/mol. The Bertz CT molecular complexity index is 760. The largest absolute Gasteiger partial charge is 0.467 e. The number of aromatic nitrogens is 2. The molecule has 0 aliphatic carbocycles. The van der Waals surface area contributed by atoms with Crippen molar-refractivity contribution in [3.8, 4) is 5.88 Å². The van der Waals surface area contributed by atoms with Gasteiger partial charge in [-0.05, 0) is 25.3 Å². The number of carbonyl (C=O) groups excluding carboxylic acids is 1. The molecule has 7 heteroatoms. The lowest BCUT2D eigenvalue weighted by Crippen LogP contribution is -2.46. The summed E-state index contributed by atoms with van der Waals surface area (Å²) in [5.74, 6) is 0.456. The number of nitrogens with zero attached hydrogens (tertiary/aromatic N) is 4. The molecule has 1 amide bonds. The first-order valence-corrected chi connectivity index (χ1v) is 9.27. The molecule has 27 heavy (non-hydrogen) atoms. The van der Waals surface area contributed by atoms with Gasteiger partial charge in [0.15, 0.2) is 6.61 Å². The Morgan fingerprint density at radius 2 is 2.00 bits per heavy atom. The predicted octanol–water partition coefficient (Wildman–Crippen LogP) is 1.87. The van der Waals surface area contributed by atoms with Crippen molar-refractivity contribution >= 4 is 11.9 Å². The number of amides is 1. The third kappa shape index (κ3) is 5.17. The second kappa shape index (κ2) is 8.81. The molecular formula is C20H27N5O2. The number of carbonyl (C=O) groups is 1. The summed E-state index contributed by atoms with van der Waals surface area (Å²) in [6.45, 7) is 4.71. The molecule has 1 aliphatic heterocycles. The molecule has 1 aromatic heterocycles. The summed E-state index contributed by atoms with van der Waals surface area (Å²) in [7, 11) is 1.85. The zero-order valence-corrected chi connectivity index (χ0v) is 16.0. The summed E-state index contributed by atoms with van der Waals surface area (Å²) < 4.78 is 5.56. The smallest absolute Gasteiger partial charge is 0.260 e. The first-order chi connectivity index (χ1) is 13.0. The number of nitrogens with two attached hydrogens (primary N) is 1. The summed E-state index contributed by atoms with van der Waals surface area (Å²) in [5.41, 5.74) is 7.66. The van der Waals surface area contributed by atoms with Gasteiger partial charge in [0.25, 0.3) is 5.91 Å². The van der Waals surface area contributed by atoms with Crippen LogP contribution in [0.5, 0.6) is 5.88 Å². The highest BCUT2D eigenvalue weighted by Crippen LogP contribution is 2.18. The third-order valence-electron chi connectivity index (χ3n) is 5.02. The van der Waals surface area contributed by atoms with Crippen LogP contribution >= 0.6 is 0 Å². The number of likely N-dealkylation sites (tertiary alicyclic amines) is 1. The van der Waals surface area contributed by atoms with Crippen molar-refractivity contribution in [1.29, 1.82) is 0 Å². The number of benzene rings is 1. The number of rotatable bonds is 6. The average Bonchev–Trinajstić information content (AvgIpc) is 2.69. The Labute approximate surface area is 160 Å². The van der Waals surface area contributed by atoms with Gasteiger partial charge in [-0.1, -0.05) is 30.3 Å². The van der Waals surface area contributed by atoms with E-state index >= 15 is 0 Å². The number of hydrogen-bond donors (Lipinski definition) is 1. The minimum atomic E-state index is -0.0481. The molecular weight excluding hydrogens is 342 g/mol. The fourth-order valence-corrected chi connectivity index (χ4v) is 3.33. The SMILES string of the molecule is Cc1cnc(N)nc1OCC(=O)N(C)C1CCN(Cc2ccccc2)CC1. The summed E-state index contributed by atoms with van der Waals surface area (Å²) >= 11 is 0. The van der Waals surface area contributed by atoms with Crippen LogP contribution in [-0.2, 0) is 11.3 Å². The number of piperidine rings is 1. The summed E-state index contributed by atoms with van der Waals surface area (Å²) in [4.78, 5) is 24.7. The van der Waals surface area contributed by atoms with Gasteiger partial charge in [0.2, 0.25) is 11.8 Å².